The van der Waals surface area contributed by atoms with Gasteiger partial charge >= 0.3 is 11.9 Å². The Morgan fingerprint density at radius 2 is 1.96 bits per heavy atom. The zero-order valence-electron chi connectivity index (χ0n) is 14.4. The van der Waals surface area contributed by atoms with Crippen LogP contribution in [0.2, 0.25) is 0 Å². The fourth-order valence-electron chi connectivity index (χ4n) is 3.55. The smallest absolute Gasteiger partial charge is 0.343 e. The van der Waals surface area contributed by atoms with Gasteiger partial charge in [0, 0.05) is 6.42 Å². The Labute approximate surface area is 149 Å². The maximum Gasteiger partial charge on any atom is 0.343 e. The number of Topliss-reactive ketones (excluding diaryl/α,β-unsaturated/α-hetero) is 1. The molecule has 138 valence electrons. The number of ether oxygens (including phenoxy) is 3. The first kappa shape index (κ1) is 17.9. The van der Waals surface area contributed by atoms with Crippen molar-refractivity contribution in [1.82, 2.24) is 0 Å². The molecule has 26 heavy (non-hydrogen) atoms. The molecule has 0 saturated carbocycles. The van der Waals surface area contributed by atoms with Gasteiger partial charge in [0.25, 0.3) is 0 Å². The highest BCUT2D eigenvalue weighted by Gasteiger charge is 2.63. The number of rotatable bonds is 2. The maximum atomic E-state index is 13.1. The molecule has 2 aliphatic rings. The third-order valence-corrected chi connectivity index (χ3v) is 4.73. The van der Waals surface area contributed by atoms with Crippen molar-refractivity contribution in [2.45, 2.75) is 25.0 Å². The molecule has 8 nitrogen and oxygen atoms in total. The highest BCUT2D eigenvalue weighted by Crippen LogP contribution is 2.46. The standard InChI is InChI=1S/C18H18O8/c1-8-4-5-11-9(6-8)15(20)14-12(26-11)7-10(19)13(16(21)24-2)18(14,23)17(22)25-3/h4-6,12,14,19,23H,7H2,1-3H3/t12-,14-,18-/m0/s1. The van der Waals surface area contributed by atoms with Crippen molar-refractivity contribution in [3.05, 3.63) is 40.7 Å². The Hall–Kier alpha value is -2.87. The van der Waals surface area contributed by atoms with Gasteiger partial charge in [0.2, 0.25) is 5.60 Å². The summed E-state index contributed by atoms with van der Waals surface area (Å²) in [4.78, 5) is 37.6. The normalized spacial score (nSPS) is 27.2. The van der Waals surface area contributed by atoms with Gasteiger partial charge in [-0.25, -0.2) is 9.59 Å². The Kier molecular flexibility index (Phi) is 4.23. The molecule has 0 aromatic heterocycles. The minimum atomic E-state index is -2.73. The quantitative estimate of drug-likeness (QED) is 0.743. The van der Waals surface area contributed by atoms with E-state index >= 15 is 0 Å². The molecule has 0 radical (unpaired) electrons. The lowest BCUT2D eigenvalue weighted by molar-refractivity contribution is -0.171. The van der Waals surface area contributed by atoms with E-state index in [2.05, 4.69) is 9.47 Å². The van der Waals surface area contributed by atoms with E-state index in [0.717, 1.165) is 19.8 Å². The van der Waals surface area contributed by atoms with Crippen molar-refractivity contribution >= 4 is 17.7 Å². The minimum Gasteiger partial charge on any atom is -0.511 e. The summed E-state index contributed by atoms with van der Waals surface area (Å²) < 4.78 is 15.0. The SMILES string of the molecule is COC(=O)C1=C(O)C[C@@H]2Oc3ccc(C)cc3C(=O)[C@H]2[C@]1(O)C(=O)OC. The summed E-state index contributed by atoms with van der Waals surface area (Å²) in [6.45, 7) is 1.78. The van der Waals surface area contributed by atoms with Gasteiger partial charge < -0.3 is 24.4 Å². The number of hydrogen-bond donors (Lipinski definition) is 2. The van der Waals surface area contributed by atoms with Gasteiger partial charge in [0.1, 0.15) is 29.1 Å². The molecule has 3 atom stereocenters. The molecule has 1 aromatic carbocycles. The first-order valence-electron chi connectivity index (χ1n) is 7.88. The summed E-state index contributed by atoms with van der Waals surface area (Å²) in [6, 6.07) is 4.92. The molecule has 1 aliphatic heterocycles. The summed E-state index contributed by atoms with van der Waals surface area (Å²) in [5, 5.41) is 21.4. The van der Waals surface area contributed by atoms with Gasteiger partial charge in [-0.2, -0.15) is 0 Å². The average Bonchev–Trinajstić information content (AvgIpc) is 2.61. The number of fused-ring (bicyclic) bond motifs is 2. The highest BCUT2D eigenvalue weighted by atomic mass is 16.5. The van der Waals surface area contributed by atoms with Crippen LogP contribution in [0.25, 0.3) is 0 Å². The largest absolute Gasteiger partial charge is 0.511 e. The Morgan fingerprint density at radius 1 is 1.27 bits per heavy atom. The number of methoxy groups -OCH3 is 2. The number of esters is 2. The van der Waals surface area contributed by atoms with Gasteiger partial charge in [0.15, 0.2) is 5.78 Å². The number of benzene rings is 1. The van der Waals surface area contributed by atoms with Crippen LogP contribution >= 0.6 is 0 Å². The van der Waals surface area contributed by atoms with Gasteiger partial charge in [-0.3, -0.25) is 4.79 Å². The summed E-state index contributed by atoms with van der Waals surface area (Å²) in [5.74, 6) is -4.74. The molecule has 1 heterocycles. The fourth-order valence-corrected chi connectivity index (χ4v) is 3.55. The molecular formula is C18H18O8. The summed E-state index contributed by atoms with van der Waals surface area (Å²) in [7, 11) is 2.03. The third kappa shape index (κ3) is 2.37. The average molecular weight is 362 g/mol. The molecule has 0 unspecified atom stereocenters. The molecule has 1 aromatic rings. The predicted octanol–water partition coefficient (Wildman–Crippen LogP) is 0.848. The molecule has 1 aliphatic carbocycles. The van der Waals surface area contributed by atoms with E-state index in [9.17, 15) is 24.6 Å². The van der Waals surface area contributed by atoms with Gasteiger partial charge in [-0.15, -0.1) is 0 Å². The number of hydrogen-bond acceptors (Lipinski definition) is 8. The zero-order chi connectivity index (χ0) is 19.2. The van der Waals surface area contributed by atoms with Crippen molar-refractivity contribution in [3.63, 3.8) is 0 Å². The monoisotopic (exact) mass is 362 g/mol. The molecule has 2 N–H and O–H groups in total. The van der Waals surface area contributed by atoms with E-state index in [0.29, 0.717) is 0 Å². The lowest BCUT2D eigenvalue weighted by Gasteiger charge is -2.44. The molecule has 0 saturated heterocycles. The number of aryl methyl sites for hydroxylation is 1. The van der Waals surface area contributed by atoms with Crippen LogP contribution in [0.3, 0.4) is 0 Å². The second-order valence-corrected chi connectivity index (χ2v) is 6.27. The first-order chi connectivity index (χ1) is 12.2. The predicted molar refractivity (Wildman–Crippen MR) is 86.7 cm³/mol. The van der Waals surface area contributed by atoms with Crippen LogP contribution in [0.5, 0.6) is 5.75 Å². The van der Waals surface area contributed by atoms with E-state index in [1.54, 1.807) is 25.1 Å². The van der Waals surface area contributed by atoms with Gasteiger partial charge in [-0.05, 0) is 19.1 Å². The van der Waals surface area contributed by atoms with Gasteiger partial charge in [0.05, 0.1) is 19.8 Å². The summed E-state index contributed by atoms with van der Waals surface area (Å²) in [5.41, 5.74) is -2.48. The number of aliphatic hydroxyl groups excluding tert-OH is 1. The topological polar surface area (TPSA) is 119 Å². The van der Waals surface area contributed by atoms with Crippen LogP contribution in [-0.2, 0) is 19.1 Å². The minimum absolute atomic E-state index is 0.180. The first-order valence-corrected chi connectivity index (χ1v) is 7.88. The fraction of sp³-hybridized carbons (Fsp3) is 0.389. The van der Waals surface area contributed by atoms with Crippen LogP contribution in [0.4, 0.5) is 0 Å². The van der Waals surface area contributed by atoms with Crippen molar-refractivity contribution in [1.29, 1.82) is 0 Å². The van der Waals surface area contributed by atoms with Crippen molar-refractivity contribution in [3.8, 4) is 5.75 Å². The van der Waals surface area contributed by atoms with E-state index in [1.807, 2.05) is 0 Å². The molecule has 0 amide bonds. The van der Waals surface area contributed by atoms with Crippen LogP contribution in [0.1, 0.15) is 22.3 Å². The molecule has 8 heteroatoms. The van der Waals surface area contributed by atoms with Crippen molar-refractivity contribution in [2.75, 3.05) is 14.2 Å². The van der Waals surface area contributed by atoms with Crippen LogP contribution in [-0.4, -0.2) is 53.9 Å². The number of ketones is 1. The van der Waals surface area contributed by atoms with E-state index < -0.39 is 46.7 Å². The number of carbonyl (C=O) groups is 3. The molecular weight excluding hydrogens is 344 g/mol. The zero-order valence-corrected chi connectivity index (χ0v) is 14.4. The summed E-state index contributed by atoms with van der Waals surface area (Å²) >= 11 is 0. The Morgan fingerprint density at radius 3 is 2.58 bits per heavy atom. The number of carbonyl (C=O) groups excluding carboxylic acids is 3. The second-order valence-electron chi connectivity index (χ2n) is 6.27. The van der Waals surface area contributed by atoms with Gasteiger partial charge in [-0.1, -0.05) is 11.6 Å². The summed E-state index contributed by atoms with van der Waals surface area (Å²) in [6.07, 6.45) is -1.29. The Balaban J connectivity index is 2.22. The third-order valence-electron chi connectivity index (χ3n) is 4.73. The lowest BCUT2D eigenvalue weighted by Crippen LogP contribution is -2.62. The maximum absolute atomic E-state index is 13.1. The van der Waals surface area contributed by atoms with E-state index in [-0.39, 0.29) is 17.7 Å². The molecule has 0 fully saturated rings. The van der Waals surface area contributed by atoms with E-state index in [4.69, 9.17) is 4.74 Å². The van der Waals surface area contributed by atoms with Crippen LogP contribution in [0, 0.1) is 12.8 Å². The van der Waals surface area contributed by atoms with E-state index in [1.165, 1.54) is 0 Å². The lowest BCUT2D eigenvalue weighted by atomic mass is 9.67. The highest BCUT2D eigenvalue weighted by molar-refractivity contribution is 6.10. The van der Waals surface area contributed by atoms with Crippen LogP contribution in [0.15, 0.2) is 29.5 Å². The molecule has 0 bridgehead atoms. The molecule has 3 rings (SSSR count). The van der Waals surface area contributed by atoms with Crippen molar-refractivity contribution < 1.29 is 38.8 Å². The van der Waals surface area contributed by atoms with Crippen molar-refractivity contribution in [2.24, 2.45) is 5.92 Å². The Bertz CT molecular complexity index is 840. The number of aliphatic hydroxyl groups is 2. The van der Waals surface area contributed by atoms with Crippen LogP contribution < -0.4 is 4.74 Å². The second kappa shape index (κ2) is 6.14. The molecule has 0 spiro atoms.